The summed E-state index contributed by atoms with van der Waals surface area (Å²) in [6.45, 7) is 1.85. The van der Waals surface area contributed by atoms with E-state index in [1.807, 2.05) is 0 Å². The van der Waals surface area contributed by atoms with Crippen molar-refractivity contribution in [1.29, 1.82) is 0 Å². The van der Waals surface area contributed by atoms with Crippen molar-refractivity contribution in [2.75, 3.05) is 27.2 Å². The molecule has 0 aromatic heterocycles. The van der Waals surface area contributed by atoms with Gasteiger partial charge in [0, 0.05) is 12.3 Å². The van der Waals surface area contributed by atoms with Crippen molar-refractivity contribution in [2.24, 2.45) is 4.99 Å². The van der Waals surface area contributed by atoms with Crippen LogP contribution in [0, 0.1) is 0 Å². The fourth-order valence-corrected chi connectivity index (χ4v) is 0.838. The molecule has 0 amide bonds. The molecule has 9 heavy (non-hydrogen) atoms. The second kappa shape index (κ2) is 2.78. The smallest absolute Gasteiger partial charge is 0.0577 e. The van der Waals surface area contributed by atoms with Crippen molar-refractivity contribution in [3.8, 4) is 0 Å². The molecular weight excluding hydrogens is 112 g/mol. The van der Waals surface area contributed by atoms with Crippen molar-refractivity contribution in [3.05, 3.63) is 12.2 Å². The van der Waals surface area contributed by atoms with Crippen LogP contribution >= 0.6 is 0 Å². The summed E-state index contributed by atoms with van der Waals surface area (Å²) in [5.74, 6) is 0. The third kappa shape index (κ3) is 1.98. The van der Waals surface area contributed by atoms with E-state index in [9.17, 15) is 0 Å². The van der Waals surface area contributed by atoms with Crippen molar-refractivity contribution < 1.29 is 0 Å². The lowest BCUT2D eigenvalue weighted by molar-refractivity contribution is 0.470. The van der Waals surface area contributed by atoms with E-state index in [1.165, 1.54) is 5.71 Å². The molecular formula is C7H12N2. The van der Waals surface area contributed by atoms with Crippen LogP contribution in [0.4, 0.5) is 0 Å². The summed E-state index contributed by atoms with van der Waals surface area (Å²) in [5, 5.41) is 0. The summed E-state index contributed by atoms with van der Waals surface area (Å²) in [5.41, 5.74) is 1.19. The third-order valence-corrected chi connectivity index (χ3v) is 1.19. The lowest BCUT2D eigenvalue weighted by atomic mass is 10.3. The molecule has 0 aromatic rings. The largest absolute Gasteiger partial charge is 0.304 e. The predicted molar refractivity (Wildman–Crippen MR) is 40.0 cm³/mol. The second-order valence-electron chi connectivity index (χ2n) is 2.47. The molecule has 0 spiro atoms. The van der Waals surface area contributed by atoms with Gasteiger partial charge in [-0.2, -0.15) is 0 Å². The second-order valence-corrected chi connectivity index (χ2v) is 2.47. The molecule has 0 aliphatic carbocycles. The van der Waals surface area contributed by atoms with Gasteiger partial charge in [0.25, 0.3) is 0 Å². The molecule has 50 valence electrons. The Kier molecular flexibility index (Phi) is 2.01. The Balaban J connectivity index is 2.35. The van der Waals surface area contributed by atoms with Gasteiger partial charge in [-0.1, -0.05) is 6.08 Å². The molecule has 0 atom stereocenters. The quantitative estimate of drug-likeness (QED) is 0.525. The average molecular weight is 124 g/mol. The van der Waals surface area contributed by atoms with Gasteiger partial charge in [-0.05, 0) is 20.2 Å². The summed E-state index contributed by atoms with van der Waals surface area (Å²) in [7, 11) is 4.10. The summed E-state index contributed by atoms with van der Waals surface area (Å²) in [6.07, 6.45) is 4.17. The fraction of sp³-hybridized carbons (Fsp3) is 0.571. The highest BCUT2D eigenvalue weighted by atomic mass is 15.1. The number of nitrogens with zero attached hydrogens (tertiary/aromatic N) is 2. The molecule has 0 saturated heterocycles. The molecule has 1 rings (SSSR count). The first-order valence-electron chi connectivity index (χ1n) is 3.13. The van der Waals surface area contributed by atoms with Crippen LogP contribution in [0.2, 0.25) is 0 Å². The normalized spacial score (nSPS) is 17.0. The number of aliphatic imine (C=N–C) groups is 1. The molecule has 1 aliphatic rings. The van der Waals surface area contributed by atoms with Gasteiger partial charge in [0.1, 0.15) is 0 Å². The van der Waals surface area contributed by atoms with Crippen LogP contribution < -0.4 is 0 Å². The standard InChI is InChI=1S/C7H12N2/c1-9(2)6-7-4-3-5-8-7/h3-4H,5-6H2,1-2H3. The topological polar surface area (TPSA) is 15.6 Å². The fourth-order valence-electron chi connectivity index (χ4n) is 0.838. The molecule has 0 saturated carbocycles. The van der Waals surface area contributed by atoms with Crippen LogP contribution in [0.15, 0.2) is 17.1 Å². The van der Waals surface area contributed by atoms with Gasteiger partial charge in [0.2, 0.25) is 0 Å². The van der Waals surface area contributed by atoms with Gasteiger partial charge in [0.15, 0.2) is 0 Å². The van der Waals surface area contributed by atoms with Crippen LogP contribution in [0.3, 0.4) is 0 Å². The maximum Gasteiger partial charge on any atom is 0.0577 e. The van der Waals surface area contributed by atoms with Crippen molar-refractivity contribution in [1.82, 2.24) is 4.90 Å². The van der Waals surface area contributed by atoms with E-state index in [0.29, 0.717) is 0 Å². The molecule has 0 unspecified atom stereocenters. The van der Waals surface area contributed by atoms with E-state index in [2.05, 4.69) is 36.1 Å². The Bertz CT molecular complexity index is 145. The minimum atomic E-state index is 0.878. The lowest BCUT2D eigenvalue weighted by Crippen LogP contribution is -2.19. The zero-order valence-electron chi connectivity index (χ0n) is 5.96. The molecule has 0 N–H and O–H groups in total. The van der Waals surface area contributed by atoms with Gasteiger partial charge in [-0.3, -0.25) is 4.99 Å². The van der Waals surface area contributed by atoms with Gasteiger partial charge < -0.3 is 4.90 Å². The van der Waals surface area contributed by atoms with E-state index >= 15 is 0 Å². The van der Waals surface area contributed by atoms with Crippen LogP contribution in [0.1, 0.15) is 0 Å². The Morgan fingerprint density at radius 3 is 2.89 bits per heavy atom. The van der Waals surface area contributed by atoms with Crippen LogP contribution in [0.25, 0.3) is 0 Å². The van der Waals surface area contributed by atoms with E-state index in [1.54, 1.807) is 0 Å². The first kappa shape index (κ1) is 6.49. The highest BCUT2D eigenvalue weighted by molar-refractivity contribution is 5.98. The molecule has 1 aliphatic heterocycles. The highest BCUT2D eigenvalue weighted by Crippen LogP contribution is 1.93. The average Bonchev–Trinajstić information content (AvgIpc) is 2.15. The third-order valence-electron chi connectivity index (χ3n) is 1.19. The minimum absolute atomic E-state index is 0.878. The SMILES string of the molecule is CN(C)CC1=NCC=C1. The molecule has 0 fully saturated rings. The van der Waals surface area contributed by atoms with E-state index in [4.69, 9.17) is 0 Å². The zero-order valence-corrected chi connectivity index (χ0v) is 5.96. The van der Waals surface area contributed by atoms with Crippen molar-refractivity contribution in [3.63, 3.8) is 0 Å². The summed E-state index contributed by atoms with van der Waals surface area (Å²) >= 11 is 0. The monoisotopic (exact) mass is 124 g/mol. The van der Waals surface area contributed by atoms with Gasteiger partial charge in [0.05, 0.1) is 6.54 Å². The van der Waals surface area contributed by atoms with Crippen LogP contribution in [-0.2, 0) is 0 Å². The number of rotatable bonds is 2. The Labute approximate surface area is 55.9 Å². The minimum Gasteiger partial charge on any atom is -0.304 e. The van der Waals surface area contributed by atoms with Crippen LogP contribution in [0.5, 0.6) is 0 Å². The maximum absolute atomic E-state index is 4.24. The Morgan fingerprint density at radius 1 is 1.67 bits per heavy atom. The molecule has 0 aromatic carbocycles. The Morgan fingerprint density at radius 2 is 2.44 bits per heavy atom. The highest BCUT2D eigenvalue weighted by Gasteiger charge is 1.98. The molecule has 0 radical (unpaired) electrons. The summed E-state index contributed by atoms with van der Waals surface area (Å²) in [4.78, 5) is 6.36. The van der Waals surface area contributed by atoms with Crippen molar-refractivity contribution >= 4 is 5.71 Å². The summed E-state index contributed by atoms with van der Waals surface area (Å²) < 4.78 is 0. The Hall–Kier alpha value is -0.630. The first-order chi connectivity index (χ1) is 4.29. The number of hydrogen-bond acceptors (Lipinski definition) is 2. The van der Waals surface area contributed by atoms with Gasteiger partial charge >= 0.3 is 0 Å². The predicted octanol–water partition coefficient (Wildman–Crippen LogP) is 0.559. The van der Waals surface area contributed by atoms with E-state index < -0.39 is 0 Å². The van der Waals surface area contributed by atoms with Gasteiger partial charge in [-0.25, -0.2) is 0 Å². The van der Waals surface area contributed by atoms with Crippen LogP contribution in [-0.4, -0.2) is 37.8 Å². The molecule has 1 heterocycles. The lowest BCUT2D eigenvalue weighted by Gasteiger charge is -2.06. The maximum atomic E-state index is 4.24. The molecule has 2 nitrogen and oxygen atoms in total. The molecule has 0 bridgehead atoms. The molecule has 2 heteroatoms. The van der Waals surface area contributed by atoms with E-state index in [0.717, 1.165) is 13.1 Å². The first-order valence-corrected chi connectivity index (χ1v) is 3.13. The number of hydrogen-bond donors (Lipinski definition) is 0. The van der Waals surface area contributed by atoms with Gasteiger partial charge in [-0.15, -0.1) is 0 Å². The van der Waals surface area contributed by atoms with E-state index in [-0.39, 0.29) is 0 Å². The summed E-state index contributed by atoms with van der Waals surface area (Å²) in [6, 6.07) is 0. The zero-order chi connectivity index (χ0) is 6.69. The van der Waals surface area contributed by atoms with Crippen molar-refractivity contribution in [2.45, 2.75) is 0 Å².